The molecule has 0 spiro atoms. The molecule has 1 aliphatic heterocycles. The summed E-state index contributed by atoms with van der Waals surface area (Å²) in [6.45, 7) is 1.66. The van der Waals surface area contributed by atoms with Gasteiger partial charge < -0.3 is 20.1 Å². The lowest BCUT2D eigenvalue weighted by molar-refractivity contribution is -0.109. The summed E-state index contributed by atoms with van der Waals surface area (Å²) < 4.78 is 10.7. The Morgan fingerprint density at radius 2 is 1.95 bits per heavy atom. The number of anilines is 1. The zero-order valence-corrected chi connectivity index (χ0v) is 12.5. The van der Waals surface area contributed by atoms with Gasteiger partial charge in [-0.25, -0.2) is 0 Å². The molecule has 1 heterocycles. The standard InChI is InChI=1S/C16H26N2O2/c1-19-16(20-2)11-14(12-17)18-10-6-5-8-13-7-3-4-9-15(13)18/h3-4,7,9,14,16H,5-6,8,10-12,17H2,1-2H3. The van der Waals surface area contributed by atoms with Crippen molar-refractivity contribution in [3.63, 3.8) is 0 Å². The third-order valence-electron chi connectivity index (χ3n) is 4.10. The summed E-state index contributed by atoms with van der Waals surface area (Å²) in [6.07, 6.45) is 4.19. The SMILES string of the molecule is COC(CC(CN)N1CCCCc2ccccc21)OC. The van der Waals surface area contributed by atoms with Crippen LogP contribution in [0.2, 0.25) is 0 Å². The van der Waals surface area contributed by atoms with E-state index in [4.69, 9.17) is 15.2 Å². The first-order chi connectivity index (χ1) is 9.80. The van der Waals surface area contributed by atoms with E-state index in [1.807, 2.05) is 0 Å². The number of para-hydroxylation sites is 1. The average Bonchev–Trinajstić information content (AvgIpc) is 2.71. The van der Waals surface area contributed by atoms with Crippen LogP contribution in [-0.2, 0) is 15.9 Å². The molecule has 2 N–H and O–H groups in total. The first-order valence-electron chi connectivity index (χ1n) is 7.40. The Balaban J connectivity index is 2.20. The molecular formula is C16H26N2O2. The van der Waals surface area contributed by atoms with E-state index in [-0.39, 0.29) is 12.3 Å². The van der Waals surface area contributed by atoms with E-state index in [9.17, 15) is 0 Å². The number of fused-ring (bicyclic) bond motifs is 1. The Labute approximate surface area is 121 Å². The molecule has 1 unspecified atom stereocenters. The van der Waals surface area contributed by atoms with Gasteiger partial charge in [-0.05, 0) is 30.9 Å². The highest BCUT2D eigenvalue weighted by molar-refractivity contribution is 5.55. The first kappa shape index (κ1) is 15.3. The maximum absolute atomic E-state index is 6.02. The van der Waals surface area contributed by atoms with Crippen molar-refractivity contribution in [2.24, 2.45) is 5.73 Å². The van der Waals surface area contributed by atoms with E-state index in [0.29, 0.717) is 6.54 Å². The topological polar surface area (TPSA) is 47.7 Å². The van der Waals surface area contributed by atoms with Gasteiger partial charge in [-0.3, -0.25) is 0 Å². The van der Waals surface area contributed by atoms with Crippen LogP contribution in [0.1, 0.15) is 24.8 Å². The number of benzene rings is 1. The van der Waals surface area contributed by atoms with Crippen molar-refractivity contribution in [2.45, 2.75) is 38.0 Å². The largest absolute Gasteiger partial charge is 0.367 e. The van der Waals surface area contributed by atoms with Gasteiger partial charge in [-0.2, -0.15) is 0 Å². The van der Waals surface area contributed by atoms with Crippen molar-refractivity contribution >= 4 is 5.69 Å². The van der Waals surface area contributed by atoms with Gasteiger partial charge in [0, 0.05) is 45.5 Å². The predicted molar refractivity (Wildman–Crippen MR) is 82.0 cm³/mol. The van der Waals surface area contributed by atoms with Crippen LogP contribution < -0.4 is 10.6 Å². The molecular weight excluding hydrogens is 252 g/mol. The maximum atomic E-state index is 6.02. The maximum Gasteiger partial charge on any atom is 0.158 e. The summed E-state index contributed by atoms with van der Waals surface area (Å²) in [5.41, 5.74) is 8.77. The molecule has 0 amide bonds. The summed E-state index contributed by atoms with van der Waals surface area (Å²) in [5.74, 6) is 0. The van der Waals surface area contributed by atoms with Crippen LogP contribution in [0.4, 0.5) is 5.69 Å². The van der Waals surface area contributed by atoms with E-state index < -0.39 is 0 Å². The Morgan fingerprint density at radius 1 is 1.20 bits per heavy atom. The number of aryl methyl sites for hydroxylation is 1. The van der Waals surface area contributed by atoms with Crippen molar-refractivity contribution in [2.75, 3.05) is 32.2 Å². The van der Waals surface area contributed by atoms with E-state index in [2.05, 4.69) is 29.2 Å². The van der Waals surface area contributed by atoms with Gasteiger partial charge in [0.15, 0.2) is 6.29 Å². The highest BCUT2D eigenvalue weighted by Crippen LogP contribution is 2.28. The van der Waals surface area contributed by atoms with Crippen LogP contribution in [0.25, 0.3) is 0 Å². The third-order valence-corrected chi connectivity index (χ3v) is 4.10. The van der Waals surface area contributed by atoms with Crippen molar-refractivity contribution in [3.8, 4) is 0 Å². The molecule has 0 aliphatic carbocycles. The highest BCUT2D eigenvalue weighted by Gasteiger charge is 2.24. The third kappa shape index (κ3) is 3.51. The molecule has 0 saturated carbocycles. The molecule has 4 nitrogen and oxygen atoms in total. The molecule has 0 radical (unpaired) electrons. The molecule has 20 heavy (non-hydrogen) atoms. The lowest BCUT2D eigenvalue weighted by Gasteiger charge is -2.34. The number of hydrogen-bond acceptors (Lipinski definition) is 4. The van der Waals surface area contributed by atoms with Gasteiger partial charge in [0.05, 0.1) is 0 Å². The fourth-order valence-corrected chi connectivity index (χ4v) is 2.96. The number of hydrogen-bond donors (Lipinski definition) is 1. The van der Waals surface area contributed by atoms with Crippen LogP contribution in [-0.4, -0.2) is 39.6 Å². The molecule has 1 atom stereocenters. The summed E-state index contributed by atoms with van der Waals surface area (Å²) in [6, 6.07) is 8.91. The van der Waals surface area contributed by atoms with Gasteiger partial charge in [-0.1, -0.05) is 18.2 Å². The lowest BCUT2D eigenvalue weighted by Crippen LogP contribution is -2.44. The van der Waals surface area contributed by atoms with E-state index in [0.717, 1.165) is 19.4 Å². The molecule has 112 valence electrons. The zero-order valence-electron chi connectivity index (χ0n) is 12.5. The van der Waals surface area contributed by atoms with Gasteiger partial charge in [-0.15, -0.1) is 0 Å². The van der Waals surface area contributed by atoms with Crippen molar-refractivity contribution in [3.05, 3.63) is 29.8 Å². The Bertz CT molecular complexity index is 407. The van der Waals surface area contributed by atoms with Gasteiger partial charge >= 0.3 is 0 Å². The molecule has 0 fully saturated rings. The highest BCUT2D eigenvalue weighted by atomic mass is 16.7. The van der Waals surface area contributed by atoms with Crippen molar-refractivity contribution < 1.29 is 9.47 Å². The van der Waals surface area contributed by atoms with E-state index in [1.165, 1.54) is 24.1 Å². The molecule has 1 aromatic rings. The smallest absolute Gasteiger partial charge is 0.158 e. The normalized spacial score (nSPS) is 16.9. The van der Waals surface area contributed by atoms with Crippen LogP contribution in [0.3, 0.4) is 0 Å². The molecule has 0 aromatic heterocycles. The molecule has 1 aliphatic rings. The minimum Gasteiger partial charge on any atom is -0.367 e. The minimum atomic E-state index is -0.195. The number of nitrogens with two attached hydrogens (primary N) is 1. The molecule has 4 heteroatoms. The number of ether oxygens (including phenoxy) is 2. The Hall–Kier alpha value is -1.10. The van der Waals surface area contributed by atoms with Crippen molar-refractivity contribution in [1.29, 1.82) is 0 Å². The monoisotopic (exact) mass is 278 g/mol. The van der Waals surface area contributed by atoms with E-state index >= 15 is 0 Å². The fraction of sp³-hybridized carbons (Fsp3) is 0.625. The minimum absolute atomic E-state index is 0.195. The number of methoxy groups -OCH3 is 2. The molecule has 2 rings (SSSR count). The average molecular weight is 278 g/mol. The van der Waals surface area contributed by atoms with Crippen LogP contribution in [0.15, 0.2) is 24.3 Å². The fourth-order valence-electron chi connectivity index (χ4n) is 2.96. The summed E-state index contributed by atoms with van der Waals surface area (Å²) >= 11 is 0. The second kappa shape index (κ2) is 7.62. The van der Waals surface area contributed by atoms with Gasteiger partial charge in [0.2, 0.25) is 0 Å². The van der Waals surface area contributed by atoms with E-state index in [1.54, 1.807) is 14.2 Å². The second-order valence-corrected chi connectivity index (χ2v) is 5.31. The number of nitrogens with zero attached hydrogens (tertiary/aromatic N) is 1. The molecule has 0 bridgehead atoms. The zero-order chi connectivity index (χ0) is 14.4. The van der Waals surface area contributed by atoms with Crippen LogP contribution in [0.5, 0.6) is 0 Å². The van der Waals surface area contributed by atoms with Gasteiger partial charge in [0.1, 0.15) is 0 Å². The molecule has 1 aromatic carbocycles. The molecule has 0 saturated heterocycles. The number of rotatable bonds is 6. The first-order valence-corrected chi connectivity index (χ1v) is 7.40. The quantitative estimate of drug-likeness (QED) is 0.810. The lowest BCUT2D eigenvalue weighted by atomic mass is 10.1. The van der Waals surface area contributed by atoms with Crippen LogP contribution >= 0.6 is 0 Å². The van der Waals surface area contributed by atoms with Gasteiger partial charge in [0.25, 0.3) is 0 Å². The summed E-state index contributed by atoms with van der Waals surface area (Å²) in [5, 5.41) is 0. The van der Waals surface area contributed by atoms with Crippen molar-refractivity contribution in [1.82, 2.24) is 0 Å². The Kier molecular flexibility index (Phi) is 5.83. The second-order valence-electron chi connectivity index (χ2n) is 5.31. The summed E-state index contributed by atoms with van der Waals surface area (Å²) in [4.78, 5) is 2.44. The summed E-state index contributed by atoms with van der Waals surface area (Å²) in [7, 11) is 3.36. The predicted octanol–water partition coefficient (Wildman–Crippen LogP) is 2.17. The van der Waals surface area contributed by atoms with Crippen LogP contribution in [0, 0.1) is 0 Å². The Morgan fingerprint density at radius 3 is 2.65 bits per heavy atom.